The average Bonchev–Trinajstić information content (AvgIpc) is 3.18. The first-order valence-electron chi connectivity index (χ1n) is 9.25. The van der Waals surface area contributed by atoms with Crippen LogP contribution in [-0.2, 0) is 0 Å². The van der Waals surface area contributed by atoms with Crippen molar-refractivity contribution >= 4 is 35.0 Å². The monoisotopic (exact) mass is 430 g/mol. The molecule has 0 saturated carbocycles. The Hall–Kier alpha value is -2.51. The van der Waals surface area contributed by atoms with Crippen molar-refractivity contribution in [1.29, 1.82) is 0 Å². The number of aromatic nitrogens is 2. The summed E-state index contributed by atoms with van der Waals surface area (Å²) in [7, 11) is 0. The Bertz CT molecular complexity index is 1020. The minimum atomic E-state index is -0.317. The number of hydrogen-bond acceptors (Lipinski definition) is 4. The number of hydrogen-bond donors (Lipinski definition) is 0. The summed E-state index contributed by atoms with van der Waals surface area (Å²) in [4.78, 5) is 21.6. The van der Waals surface area contributed by atoms with Crippen LogP contribution in [-0.4, -0.2) is 52.8 Å². The van der Waals surface area contributed by atoms with Crippen LogP contribution in [0.1, 0.15) is 10.5 Å². The molecule has 29 heavy (non-hydrogen) atoms. The van der Waals surface area contributed by atoms with Crippen molar-refractivity contribution in [2.24, 2.45) is 0 Å². The number of para-hydroxylation sites is 1. The molecule has 1 saturated heterocycles. The molecule has 0 spiro atoms. The average molecular weight is 431 g/mol. The van der Waals surface area contributed by atoms with Gasteiger partial charge in [0.2, 0.25) is 0 Å². The highest BCUT2D eigenvalue weighted by atomic mass is 35.5. The maximum Gasteiger partial charge on any atom is 0.272 e. The molecular weight excluding hydrogens is 411 g/mol. The zero-order valence-corrected chi connectivity index (χ0v) is 17.5. The molecule has 0 unspecified atom stereocenters. The van der Waals surface area contributed by atoms with Gasteiger partial charge in [0.1, 0.15) is 11.5 Å². The molecular formula is C21H20ClFN4OS. The van der Waals surface area contributed by atoms with Gasteiger partial charge in [0, 0.05) is 31.9 Å². The lowest BCUT2D eigenvalue weighted by molar-refractivity contribution is 0.0738. The summed E-state index contributed by atoms with van der Waals surface area (Å²) in [6, 6.07) is 13.8. The molecule has 0 atom stereocenters. The fourth-order valence-corrected chi connectivity index (χ4v) is 4.29. The molecule has 8 heteroatoms. The Labute approximate surface area is 178 Å². The SMILES string of the molecule is CSc1ncc(C(=O)N2CCN(c3ccccc3Cl)CC2)n1-c1ccc(F)cc1. The summed E-state index contributed by atoms with van der Waals surface area (Å²) in [5, 5.41) is 1.40. The second-order valence-corrected chi connectivity index (χ2v) is 7.85. The maximum atomic E-state index is 13.3. The van der Waals surface area contributed by atoms with E-state index >= 15 is 0 Å². The lowest BCUT2D eigenvalue weighted by Gasteiger charge is -2.36. The molecule has 5 nitrogen and oxygen atoms in total. The van der Waals surface area contributed by atoms with Crippen LogP contribution in [0.5, 0.6) is 0 Å². The van der Waals surface area contributed by atoms with Crippen molar-refractivity contribution in [3.8, 4) is 5.69 Å². The molecule has 1 amide bonds. The van der Waals surface area contributed by atoms with Gasteiger partial charge >= 0.3 is 0 Å². The Morgan fingerprint density at radius 1 is 1.07 bits per heavy atom. The van der Waals surface area contributed by atoms with Crippen molar-refractivity contribution in [2.45, 2.75) is 5.16 Å². The van der Waals surface area contributed by atoms with E-state index in [4.69, 9.17) is 11.6 Å². The van der Waals surface area contributed by atoms with Crippen LogP contribution in [0.4, 0.5) is 10.1 Å². The third-order valence-electron chi connectivity index (χ3n) is 4.98. The predicted molar refractivity (Wildman–Crippen MR) is 115 cm³/mol. The van der Waals surface area contributed by atoms with Crippen LogP contribution in [0.25, 0.3) is 5.69 Å². The number of carbonyl (C=O) groups is 1. The van der Waals surface area contributed by atoms with E-state index in [9.17, 15) is 9.18 Å². The molecule has 4 rings (SSSR count). The van der Waals surface area contributed by atoms with Gasteiger partial charge in [-0.3, -0.25) is 9.36 Å². The summed E-state index contributed by atoms with van der Waals surface area (Å²) in [6.45, 7) is 2.59. The molecule has 0 N–H and O–H groups in total. The first-order chi connectivity index (χ1) is 14.1. The molecule has 1 aliphatic rings. The number of nitrogens with zero attached hydrogens (tertiary/aromatic N) is 4. The molecule has 0 aliphatic carbocycles. The number of piperazine rings is 1. The van der Waals surface area contributed by atoms with Crippen LogP contribution in [0, 0.1) is 5.82 Å². The first-order valence-corrected chi connectivity index (χ1v) is 10.8. The van der Waals surface area contributed by atoms with Crippen molar-refractivity contribution in [2.75, 3.05) is 37.3 Å². The summed E-state index contributed by atoms with van der Waals surface area (Å²) >= 11 is 7.75. The van der Waals surface area contributed by atoms with Crippen LogP contribution < -0.4 is 4.90 Å². The Kier molecular flexibility index (Phi) is 5.78. The van der Waals surface area contributed by atoms with E-state index in [-0.39, 0.29) is 11.7 Å². The smallest absolute Gasteiger partial charge is 0.272 e. The van der Waals surface area contributed by atoms with E-state index in [1.165, 1.54) is 23.9 Å². The van der Waals surface area contributed by atoms with Gasteiger partial charge in [-0.15, -0.1) is 0 Å². The molecule has 2 aromatic carbocycles. The summed E-state index contributed by atoms with van der Waals surface area (Å²) in [5.74, 6) is -0.399. The van der Waals surface area contributed by atoms with Crippen LogP contribution in [0.2, 0.25) is 5.02 Å². The molecule has 1 fully saturated rings. The summed E-state index contributed by atoms with van der Waals surface area (Å²) in [5.41, 5.74) is 2.18. The van der Waals surface area contributed by atoms with E-state index in [1.54, 1.807) is 22.9 Å². The van der Waals surface area contributed by atoms with Crippen molar-refractivity contribution in [3.63, 3.8) is 0 Å². The minimum Gasteiger partial charge on any atom is -0.367 e. The largest absolute Gasteiger partial charge is 0.367 e. The number of thioether (sulfide) groups is 1. The van der Waals surface area contributed by atoms with Crippen molar-refractivity contribution in [3.05, 3.63) is 71.3 Å². The second kappa shape index (κ2) is 8.47. The number of rotatable bonds is 4. The van der Waals surface area contributed by atoms with Gasteiger partial charge in [0.15, 0.2) is 5.16 Å². The summed E-state index contributed by atoms with van der Waals surface area (Å²) in [6.07, 6.45) is 3.50. The number of halogens is 2. The Morgan fingerprint density at radius 3 is 2.41 bits per heavy atom. The third kappa shape index (κ3) is 3.97. The molecule has 0 radical (unpaired) electrons. The topological polar surface area (TPSA) is 41.4 Å². The number of imidazole rings is 1. The van der Waals surface area contributed by atoms with Crippen LogP contribution in [0.3, 0.4) is 0 Å². The van der Waals surface area contributed by atoms with E-state index in [0.717, 1.165) is 5.69 Å². The zero-order chi connectivity index (χ0) is 20.4. The Morgan fingerprint density at radius 2 is 1.76 bits per heavy atom. The van der Waals surface area contributed by atoms with Crippen LogP contribution in [0.15, 0.2) is 59.9 Å². The second-order valence-electron chi connectivity index (χ2n) is 6.67. The van der Waals surface area contributed by atoms with Gasteiger partial charge < -0.3 is 9.80 Å². The minimum absolute atomic E-state index is 0.0825. The molecule has 3 aromatic rings. The van der Waals surface area contributed by atoms with E-state index < -0.39 is 0 Å². The number of amides is 1. The van der Waals surface area contributed by atoms with Gasteiger partial charge in [-0.05, 0) is 42.7 Å². The highest BCUT2D eigenvalue weighted by molar-refractivity contribution is 7.98. The fraction of sp³-hybridized carbons (Fsp3) is 0.238. The molecule has 1 aliphatic heterocycles. The van der Waals surface area contributed by atoms with E-state index in [0.29, 0.717) is 47.7 Å². The standard InChI is InChI=1S/C21H20ClFN4OS/c1-29-21-24-14-19(27(21)16-8-6-15(23)7-9-16)20(28)26-12-10-25(11-13-26)18-5-3-2-4-17(18)22/h2-9,14H,10-13H2,1H3. The van der Waals surface area contributed by atoms with E-state index in [2.05, 4.69) is 9.88 Å². The maximum absolute atomic E-state index is 13.3. The van der Waals surface area contributed by atoms with E-state index in [1.807, 2.05) is 35.4 Å². The van der Waals surface area contributed by atoms with Gasteiger partial charge in [-0.25, -0.2) is 9.37 Å². The normalized spacial score (nSPS) is 14.3. The first kappa shape index (κ1) is 19.8. The molecule has 0 bridgehead atoms. The highest BCUT2D eigenvalue weighted by Gasteiger charge is 2.27. The Balaban J connectivity index is 1.55. The number of benzene rings is 2. The van der Waals surface area contributed by atoms with Crippen molar-refractivity contribution < 1.29 is 9.18 Å². The number of carbonyl (C=O) groups excluding carboxylic acids is 1. The number of anilines is 1. The van der Waals surface area contributed by atoms with Gasteiger partial charge in [-0.1, -0.05) is 35.5 Å². The fourth-order valence-electron chi connectivity index (χ4n) is 3.49. The lowest BCUT2D eigenvalue weighted by Crippen LogP contribution is -2.49. The van der Waals surface area contributed by atoms with Gasteiger partial charge in [0.25, 0.3) is 5.91 Å². The molecule has 1 aromatic heterocycles. The molecule has 2 heterocycles. The third-order valence-corrected chi connectivity index (χ3v) is 5.95. The predicted octanol–water partition coefficient (Wildman–Crippen LogP) is 4.35. The van der Waals surface area contributed by atoms with Crippen molar-refractivity contribution in [1.82, 2.24) is 14.5 Å². The molecule has 150 valence electrons. The van der Waals surface area contributed by atoms with Gasteiger partial charge in [0.05, 0.1) is 16.9 Å². The van der Waals surface area contributed by atoms with Gasteiger partial charge in [-0.2, -0.15) is 0 Å². The highest BCUT2D eigenvalue weighted by Crippen LogP contribution is 2.27. The zero-order valence-electron chi connectivity index (χ0n) is 15.9. The summed E-state index contributed by atoms with van der Waals surface area (Å²) < 4.78 is 15.1. The quantitative estimate of drug-likeness (QED) is 0.577. The van der Waals surface area contributed by atoms with Crippen LogP contribution >= 0.6 is 23.4 Å². The lowest BCUT2D eigenvalue weighted by atomic mass is 10.2.